The molecule has 1 aromatic heterocycles. The minimum atomic E-state index is -0.443. The Balaban J connectivity index is 1.71. The average Bonchev–Trinajstić information content (AvgIpc) is 3.08. The summed E-state index contributed by atoms with van der Waals surface area (Å²) in [4.78, 5) is 26.0. The molecule has 0 radical (unpaired) electrons. The highest BCUT2D eigenvalue weighted by atomic mass is 35.5. The van der Waals surface area contributed by atoms with Crippen molar-refractivity contribution < 1.29 is 9.59 Å². The summed E-state index contributed by atoms with van der Waals surface area (Å²) in [5, 5.41) is 12.4. The Labute approximate surface area is 146 Å². The molecule has 1 aliphatic rings. The minimum absolute atomic E-state index is 0.128. The zero-order valence-electron chi connectivity index (χ0n) is 12.0. The molecule has 0 spiro atoms. The molecular formula is C14H12Cl2N4O2S. The standard InChI is InChI=1S/C14H12Cl2N4O2S/c1-7-18-19-14(23-7)17-13(22)8-4-12(21)20(6-8)9-2-3-10(15)11(16)5-9/h2-3,5,8H,4,6H2,1H3,(H,17,19,22)/t8-/m1/s1. The Kier molecular flexibility index (Phi) is 4.52. The second-order valence-electron chi connectivity index (χ2n) is 5.12. The zero-order valence-corrected chi connectivity index (χ0v) is 14.4. The largest absolute Gasteiger partial charge is 0.312 e. The van der Waals surface area contributed by atoms with Crippen LogP contribution in [0, 0.1) is 12.8 Å². The molecular weight excluding hydrogens is 359 g/mol. The number of nitrogens with one attached hydrogen (secondary N) is 1. The van der Waals surface area contributed by atoms with E-state index in [2.05, 4.69) is 15.5 Å². The number of hydrogen-bond acceptors (Lipinski definition) is 5. The summed E-state index contributed by atoms with van der Waals surface area (Å²) in [6, 6.07) is 4.96. The van der Waals surface area contributed by atoms with Gasteiger partial charge in [-0.3, -0.25) is 9.59 Å². The number of carbonyl (C=O) groups excluding carboxylic acids is 2. The Morgan fingerprint density at radius 3 is 2.78 bits per heavy atom. The SMILES string of the molecule is Cc1nnc(NC(=O)[C@@H]2CC(=O)N(c3ccc(Cl)c(Cl)c3)C2)s1. The average molecular weight is 371 g/mol. The topological polar surface area (TPSA) is 75.2 Å². The van der Waals surface area contributed by atoms with Gasteiger partial charge < -0.3 is 10.2 Å². The number of aromatic nitrogens is 2. The molecule has 1 atom stereocenters. The van der Waals surface area contributed by atoms with Crippen LogP contribution < -0.4 is 10.2 Å². The van der Waals surface area contributed by atoms with E-state index in [9.17, 15) is 9.59 Å². The first-order valence-electron chi connectivity index (χ1n) is 6.80. The highest BCUT2D eigenvalue weighted by molar-refractivity contribution is 7.15. The zero-order chi connectivity index (χ0) is 16.6. The van der Waals surface area contributed by atoms with E-state index in [0.29, 0.717) is 27.4 Å². The first-order valence-corrected chi connectivity index (χ1v) is 8.37. The van der Waals surface area contributed by atoms with Crippen molar-refractivity contribution in [1.82, 2.24) is 10.2 Å². The van der Waals surface area contributed by atoms with Crippen LogP contribution in [0.1, 0.15) is 11.4 Å². The third-order valence-corrected chi connectivity index (χ3v) is 4.96. The van der Waals surface area contributed by atoms with Crippen molar-refractivity contribution in [2.75, 3.05) is 16.8 Å². The molecule has 1 saturated heterocycles. The summed E-state index contributed by atoms with van der Waals surface area (Å²) in [5.74, 6) is -0.810. The fourth-order valence-corrected chi connectivity index (χ4v) is 3.23. The van der Waals surface area contributed by atoms with Crippen LogP contribution in [0.2, 0.25) is 10.0 Å². The van der Waals surface area contributed by atoms with Gasteiger partial charge in [0.1, 0.15) is 5.01 Å². The predicted octanol–water partition coefficient (Wildman–Crippen LogP) is 3.14. The predicted molar refractivity (Wildman–Crippen MR) is 90.2 cm³/mol. The molecule has 1 aliphatic heterocycles. The molecule has 0 saturated carbocycles. The van der Waals surface area contributed by atoms with Crippen LogP contribution in [-0.2, 0) is 9.59 Å². The van der Waals surface area contributed by atoms with Crippen molar-refractivity contribution >= 4 is 57.2 Å². The van der Waals surface area contributed by atoms with Crippen molar-refractivity contribution in [2.45, 2.75) is 13.3 Å². The van der Waals surface area contributed by atoms with Crippen LogP contribution in [-0.4, -0.2) is 28.6 Å². The first kappa shape index (κ1) is 16.2. The highest BCUT2D eigenvalue weighted by Gasteiger charge is 2.35. The Morgan fingerprint density at radius 1 is 1.35 bits per heavy atom. The quantitative estimate of drug-likeness (QED) is 0.900. The van der Waals surface area contributed by atoms with Gasteiger partial charge >= 0.3 is 0 Å². The van der Waals surface area contributed by atoms with Gasteiger partial charge in [-0.05, 0) is 25.1 Å². The number of hydrogen-bond donors (Lipinski definition) is 1. The summed E-state index contributed by atoms with van der Waals surface area (Å²) in [5.41, 5.74) is 0.631. The van der Waals surface area contributed by atoms with Crippen LogP contribution in [0.3, 0.4) is 0 Å². The van der Waals surface area contributed by atoms with Gasteiger partial charge in [0, 0.05) is 18.7 Å². The van der Waals surface area contributed by atoms with Gasteiger partial charge in [-0.25, -0.2) is 0 Å². The third-order valence-electron chi connectivity index (χ3n) is 3.47. The fourth-order valence-electron chi connectivity index (χ4n) is 2.34. The lowest BCUT2D eigenvalue weighted by molar-refractivity contribution is -0.122. The van der Waals surface area contributed by atoms with Crippen molar-refractivity contribution in [2.24, 2.45) is 5.92 Å². The van der Waals surface area contributed by atoms with Crippen molar-refractivity contribution in [3.05, 3.63) is 33.3 Å². The van der Waals surface area contributed by atoms with Crippen LogP contribution in [0.5, 0.6) is 0 Å². The molecule has 0 aliphatic carbocycles. The molecule has 1 N–H and O–H groups in total. The molecule has 6 nitrogen and oxygen atoms in total. The van der Waals surface area contributed by atoms with Gasteiger partial charge in [-0.2, -0.15) is 0 Å². The molecule has 9 heteroatoms. The molecule has 2 aromatic rings. The van der Waals surface area contributed by atoms with E-state index in [-0.39, 0.29) is 18.2 Å². The highest BCUT2D eigenvalue weighted by Crippen LogP contribution is 2.31. The molecule has 3 rings (SSSR count). The number of benzene rings is 1. The second-order valence-corrected chi connectivity index (χ2v) is 7.12. The van der Waals surface area contributed by atoms with Gasteiger partial charge in [0.05, 0.1) is 16.0 Å². The first-order chi connectivity index (χ1) is 10.9. The minimum Gasteiger partial charge on any atom is -0.312 e. The molecule has 2 heterocycles. The second kappa shape index (κ2) is 6.43. The van der Waals surface area contributed by atoms with Gasteiger partial charge in [0.2, 0.25) is 16.9 Å². The summed E-state index contributed by atoms with van der Waals surface area (Å²) in [7, 11) is 0. The summed E-state index contributed by atoms with van der Waals surface area (Å²) >= 11 is 13.2. The monoisotopic (exact) mass is 370 g/mol. The van der Waals surface area contributed by atoms with Gasteiger partial charge in [0.25, 0.3) is 0 Å². The van der Waals surface area contributed by atoms with E-state index < -0.39 is 5.92 Å². The normalized spacial score (nSPS) is 17.6. The summed E-state index contributed by atoms with van der Waals surface area (Å²) in [6.07, 6.45) is 0.143. The third kappa shape index (κ3) is 3.46. The van der Waals surface area contributed by atoms with Crippen molar-refractivity contribution in [3.8, 4) is 0 Å². The smallest absolute Gasteiger partial charge is 0.231 e. The summed E-state index contributed by atoms with van der Waals surface area (Å²) < 4.78 is 0. The van der Waals surface area contributed by atoms with Crippen LogP contribution in [0.25, 0.3) is 0 Å². The number of amides is 2. The van der Waals surface area contributed by atoms with Gasteiger partial charge in [-0.15, -0.1) is 10.2 Å². The van der Waals surface area contributed by atoms with E-state index >= 15 is 0 Å². The fraction of sp³-hybridized carbons (Fsp3) is 0.286. The van der Waals surface area contributed by atoms with E-state index in [1.54, 1.807) is 25.1 Å². The summed E-state index contributed by atoms with van der Waals surface area (Å²) in [6.45, 7) is 2.10. The number of halogens is 2. The van der Waals surface area contributed by atoms with Crippen LogP contribution >= 0.6 is 34.5 Å². The lowest BCUT2D eigenvalue weighted by Gasteiger charge is -2.17. The maximum atomic E-state index is 12.3. The number of carbonyl (C=O) groups is 2. The maximum absolute atomic E-state index is 12.3. The molecule has 120 valence electrons. The van der Waals surface area contributed by atoms with Gasteiger partial charge in [-0.1, -0.05) is 34.5 Å². The Morgan fingerprint density at radius 2 is 2.13 bits per heavy atom. The van der Waals surface area contributed by atoms with Gasteiger partial charge in [0.15, 0.2) is 0 Å². The number of aryl methyl sites for hydroxylation is 1. The van der Waals surface area contributed by atoms with E-state index in [1.807, 2.05) is 0 Å². The molecule has 0 bridgehead atoms. The van der Waals surface area contributed by atoms with E-state index in [1.165, 1.54) is 16.2 Å². The molecule has 2 amide bonds. The number of nitrogens with zero attached hydrogens (tertiary/aromatic N) is 3. The van der Waals surface area contributed by atoms with Crippen molar-refractivity contribution in [1.29, 1.82) is 0 Å². The number of anilines is 2. The lowest BCUT2D eigenvalue weighted by atomic mass is 10.1. The molecule has 23 heavy (non-hydrogen) atoms. The molecule has 0 unspecified atom stereocenters. The van der Waals surface area contributed by atoms with E-state index in [0.717, 1.165) is 5.01 Å². The molecule has 1 aromatic carbocycles. The van der Waals surface area contributed by atoms with Crippen LogP contribution in [0.4, 0.5) is 10.8 Å². The maximum Gasteiger partial charge on any atom is 0.231 e. The number of rotatable bonds is 3. The van der Waals surface area contributed by atoms with Crippen molar-refractivity contribution in [3.63, 3.8) is 0 Å². The van der Waals surface area contributed by atoms with Crippen LogP contribution in [0.15, 0.2) is 18.2 Å². The molecule has 1 fully saturated rings. The Bertz CT molecular complexity index is 780. The Hall–Kier alpha value is -1.70. The lowest BCUT2D eigenvalue weighted by Crippen LogP contribution is -2.28. The van der Waals surface area contributed by atoms with E-state index in [4.69, 9.17) is 23.2 Å².